The minimum Gasteiger partial charge on any atom is -0.356 e. The number of nitrogens with zero attached hydrogens (tertiary/aromatic N) is 4. The van der Waals surface area contributed by atoms with E-state index in [2.05, 4.69) is 20.9 Å². The summed E-state index contributed by atoms with van der Waals surface area (Å²) >= 11 is 0. The van der Waals surface area contributed by atoms with Crippen molar-refractivity contribution in [2.45, 2.75) is 44.7 Å². The summed E-state index contributed by atoms with van der Waals surface area (Å²) in [5.41, 5.74) is 2.84. The molecule has 5 rings (SSSR count). The average Bonchev–Trinajstić information content (AvgIpc) is 3.34. The van der Waals surface area contributed by atoms with Crippen molar-refractivity contribution in [1.29, 1.82) is 0 Å². The highest BCUT2D eigenvalue weighted by Crippen LogP contribution is 2.29. The van der Waals surface area contributed by atoms with Crippen LogP contribution in [-0.2, 0) is 27.3 Å². The number of fused-ring (bicyclic) bond motifs is 1. The van der Waals surface area contributed by atoms with Gasteiger partial charge in [-0.15, -0.1) is 5.10 Å². The summed E-state index contributed by atoms with van der Waals surface area (Å²) in [4.78, 5) is 49.9. The van der Waals surface area contributed by atoms with Crippen LogP contribution in [0.15, 0.2) is 24.4 Å². The van der Waals surface area contributed by atoms with E-state index in [0.29, 0.717) is 24.9 Å². The second-order valence-corrected chi connectivity index (χ2v) is 8.23. The molecule has 4 amide bonds. The van der Waals surface area contributed by atoms with Crippen LogP contribution in [0.4, 0.5) is 0 Å². The highest BCUT2D eigenvalue weighted by atomic mass is 16.2. The number of piperidine rings is 2. The third kappa shape index (κ3) is 3.58. The first-order valence-corrected chi connectivity index (χ1v) is 10.5. The molecular formula is C21H22N6O4. The third-order valence-corrected chi connectivity index (χ3v) is 6.17. The Balaban J connectivity index is 1.33. The molecule has 3 aliphatic heterocycles. The summed E-state index contributed by atoms with van der Waals surface area (Å²) in [7, 11) is 0. The van der Waals surface area contributed by atoms with E-state index in [0.717, 1.165) is 36.3 Å². The standard InChI is InChI=1S/C21H22N6O4/c28-18-6-5-17(20(30)23-18)26-10-13-9-15(3-4-16(13)21(26)31)27-11-14(24-25-27)8-12-2-1-7-22-19(12)29/h3-4,9,11-12,17H,1-2,5-8,10H2,(H,22,29)(H,23,28,30). The molecule has 0 radical (unpaired) electrons. The van der Waals surface area contributed by atoms with E-state index in [1.165, 1.54) is 4.90 Å². The first-order chi connectivity index (χ1) is 15.0. The number of carbonyl (C=O) groups excluding carboxylic acids is 4. The van der Waals surface area contributed by atoms with Gasteiger partial charge in [-0.25, -0.2) is 4.68 Å². The van der Waals surface area contributed by atoms with Gasteiger partial charge in [0.1, 0.15) is 6.04 Å². The molecule has 2 unspecified atom stereocenters. The SMILES string of the molecule is O=C1CCC(N2Cc3cc(-n4cc(CC5CCCNC5=O)nn4)ccc3C2=O)C(=O)N1. The van der Waals surface area contributed by atoms with Crippen LogP contribution >= 0.6 is 0 Å². The molecule has 160 valence electrons. The van der Waals surface area contributed by atoms with Crippen LogP contribution in [0.5, 0.6) is 0 Å². The number of aromatic nitrogens is 3. The van der Waals surface area contributed by atoms with Crippen molar-refractivity contribution in [3.05, 3.63) is 41.2 Å². The Bertz CT molecular complexity index is 1090. The lowest BCUT2D eigenvalue weighted by Gasteiger charge is -2.29. The zero-order valence-electron chi connectivity index (χ0n) is 16.8. The van der Waals surface area contributed by atoms with Crippen LogP contribution in [-0.4, -0.2) is 56.1 Å². The van der Waals surface area contributed by atoms with Gasteiger partial charge in [-0.2, -0.15) is 0 Å². The fourth-order valence-corrected chi connectivity index (χ4v) is 4.50. The highest BCUT2D eigenvalue weighted by molar-refractivity contribution is 6.05. The lowest BCUT2D eigenvalue weighted by atomic mass is 9.94. The molecule has 2 fully saturated rings. The van der Waals surface area contributed by atoms with E-state index >= 15 is 0 Å². The van der Waals surface area contributed by atoms with E-state index < -0.39 is 11.9 Å². The number of amides is 4. The Morgan fingerprint density at radius 3 is 2.77 bits per heavy atom. The molecule has 0 saturated carbocycles. The molecule has 3 aliphatic rings. The van der Waals surface area contributed by atoms with E-state index in [1.54, 1.807) is 23.0 Å². The van der Waals surface area contributed by atoms with Gasteiger partial charge in [0.25, 0.3) is 5.91 Å². The lowest BCUT2D eigenvalue weighted by Crippen LogP contribution is -2.52. The van der Waals surface area contributed by atoms with Crippen molar-refractivity contribution in [3.63, 3.8) is 0 Å². The minimum atomic E-state index is -0.638. The molecule has 31 heavy (non-hydrogen) atoms. The van der Waals surface area contributed by atoms with Gasteiger partial charge in [0.15, 0.2) is 0 Å². The van der Waals surface area contributed by atoms with E-state index in [9.17, 15) is 19.2 Å². The maximum atomic E-state index is 12.8. The van der Waals surface area contributed by atoms with Crippen molar-refractivity contribution in [2.75, 3.05) is 6.54 Å². The van der Waals surface area contributed by atoms with Crippen LogP contribution in [0.2, 0.25) is 0 Å². The number of nitrogens with one attached hydrogen (secondary N) is 2. The Kier molecular flexibility index (Phi) is 4.76. The zero-order chi connectivity index (χ0) is 21.5. The average molecular weight is 422 g/mol. The molecule has 0 spiro atoms. The minimum absolute atomic E-state index is 0.0605. The topological polar surface area (TPSA) is 126 Å². The molecule has 10 heteroatoms. The Morgan fingerprint density at radius 2 is 1.97 bits per heavy atom. The molecule has 0 bridgehead atoms. The first-order valence-electron chi connectivity index (χ1n) is 10.5. The summed E-state index contributed by atoms with van der Waals surface area (Å²) in [6.45, 7) is 1.03. The number of hydrogen-bond acceptors (Lipinski definition) is 6. The van der Waals surface area contributed by atoms with Crippen LogP contribution < -0.4 is 10.6 Å². The van der Waals surface area contributed by atoms with Gasteiger partial charge in [-0.3, -0.25) is 24.5 Å². The van der Waals surface area contributed by atoms with Crippen LogP contribution in [0.1, 0.15) is 47.3 Å². The van der Waals surface area contributed by atoms with Crippen LogP contribution in [0, 0.1) is 5.92 Å². The summed E-state index contributed by atoms with van der Waals surface area (Å²) in [6.07, 6.45) is 4.71. The predicted octanol–water partition coefficient (Wildman–Crippen LogP) is 0.0970. The third-order valence-electron chi connectivity index (χ3n) is 6.17. The van der Waals surface area contributed by atoms with Gasteiger partial charge in [-0.1, -0.05) is 5.21 Å². The van der Waals surface area contributed by atoms with Crippen LogP contribution in [0.25, 0.3) is 5.69 Å². The second kappa shape index (κ2) is 7.60. The number of carbonyl (C=O) groups is 4. The fraction of sp³-hybridized carbons (Fsp3) is 0.429. The van der Waals surface area contributed by atoms with Crippen molar-refractivity contribution < 1.29 is 19.2 Å². The highest BCUT2D eigenvalue weighted by Gasteiger charge is 2.39. The quantitative estimate of drug-likeness (QED) is 0.673. The van der Waals surface area contributed by atoms with Gasteiger partial charge in [0, 0.05) is 37.4 Å². The summed E-state index contributed by atoms with van der Waals surface area (Å²) in [5.74, 6) is -0.965. The summed E-state index contributed by atoms with van der Waals surface area (Å²) in [6, 6.07) is 4.75. The zero-order valence-corrected chi connectivity index (χ0v) is 16.8. The first kappa shape index (κ1) is 19.4. The van der Waals surface area contributed by atoms with Crippen molar-refractivity contribution in [1.82, 2.24) is 30.5 Å². The molecule has 0 aliphatic carbocycles. The Morgan fingerprint density at radius 1 is 1.10 bits per heavy atom. The van der Waals surface area contributed by atoms with E-state index in [1.807, 2.05) is 6.07 Å². The van der Waals surface area contributed by atoms with Gasteiger partial charge < -0.3 is 10.2 Å². The van der Waals surface area contributed by atoms with Crippen LogP contribution in [0.3, 0.4) is 0 Å². The molecule has 10 nitrogen and oxygen atoms in total. The normalized spacial score (nSPS) is 23.5. The maximum Gasteiger partial charge on any atom is 0.255 e. The predicted molar refractivity (Wildman–Crippen MR) is 107 cm³/mol. The van der Waals surface area contributed by atoms with E-state index in [4.69, 9.17) is 0 Å². The molecule has 2 atom stereocenters. The van der Waals surface area contributed by atoms with E-state index in [-0.39, 0.29) is 30.1 Å². The Labute approximate surface area is 178 Å². The number of hydrogen-bond donors (Lipinski definition) is 2. The fourth-order valence-electron chi connectivity index (χ4n) is 4.50. The summed E-state index contributed by atoms with van der Waals surface area (Å²) in [5, 5.41) is 13.6. The molecule has 4 heterocycles. The van der Waals surface area contributed by atoms with Crippen molar-refractivity contribution in [3.8, 4) is 5.69 Å². The second-order valence-electron chi connectivity index (χ2n) is 8.23. The van der Waals surface area contributed by atoms with Crippen molar-refractivity contribution in [2.24, 2.45) is 5.92 Å². The maximum absolute atomic E-state index is 12.8. The smallest absolute Gasteiger partial charge is 0.255 e. The van der Waals surface area contributed by atoms with Gasteiger partial charge in [0.2, 0.25) is 17.7 Å². The van der Waals surface area contributed by atoms with Gasteiger partial charge in [-0.05, 0) is 43.0 Å². The monoisotopic (exact) mass is 422 g/mol. The molecule has 1 aromatic heterocycles. The number of imide groups is 1. The molecule has 2 saturated heterocycles. The van der Waals surface area contributed by atoms with Gasteiger partial charge in [0.05, 0.1) is 17.6 Å². The molecule has 1 aromatic carbocycles. The molecule has 2 N–H and O–H groups in total. The van der Waals surface area contributed by atoms with Gasteiger partial charge >= 0.3 is 0 Å². The lowest BCUT2D eigenvalue weighted by molar-refractivity contribution is -0.137. The van der Waals surface area contributed by atoms with Crippen molar-refractivity contribution >= 4 is 23.6 Å². The summed E-state index contributed by atoms with van der Waals surface area (Å²) < 4.78 is 1.63. The largest absolute Gasteiger partial charge is 0.356 e. The molecule has 2 aromatic rings. The number of rotatable bonds is 4. The number of benzene rings is 1. The molecular weight excluding hydrogens is 400 g/mol. The Hall–Kier alpha value is -3.56.